The maximum atomic E-state index is 13.7. The van der Waals surface area contributed by atoms with E-state index in [9.17, 15) is 19.2 Å². The minimum atomic E-state index is -0.945. The molecule has 1 aromatic heterocycles. The van der Waals surface area contributed by atoms with Crippen molar-refractivity contribution >= 4 is 51.2 Å². The molecule has 3 aliphatic rings. The van der Waals surface area contributed by atoms with Crippen LogP contribution in [0.5, 0.6) is 5.75 Å². The molecule has 10 nitrogen and oxygen atoms in total. The summed E-state index contributed by atoms with van der Waals surface area (Å²) in [5.41, 5.74) is 1.03. The Morgan fingerprint density at radius 3 is 2.66 bits per heavy atom. The average molecular weight is 578 g/mol. The maximum Gasteiger partial charge on any atom is 0.268 e. The van der Waals surface area contributed by atoms with Gasteiger partial charge in [-0.2, -0.15) is 0 Å². The van der Waals surface area contributed by atoms with Gasteiger partial charge in [0, 0.05) is 23.4 Å². The largest absolute Gasteiger partial charge is 0.496 e. The highest BCUT2D eigenvalue weighted by Gasteiger charge is 2.38. The van der Waals surface area contributed by atoms with Crippen LogP contribution in [0.3, 0.4) is 0 Å². The van der Waals surface area contributed by atoms with Crippen molar-refractivity contribution in [2.75, 3.05) is 13.7 Å². The molecule has 1 fully saturated rings. The molecule has 11 heteroatoms. The van der Waals surface area contributed by atoms with Gasteiger partial charge in [0.25, 0.3) is 5.91 Å². The summed E-state index contributed by atoms with van der Waals surface area (Å²) < 4.78 is 5.40. The lowest BCUT2D eigenvalue weighted by molar-refractivity contribution is -0.128. The highest BCUT2D eigenvalue weighted by atomic mass is 32.2. The molecule has 0 saturated carbocycles. The van der Waals surface area contributed by atoms with Crippen molar-refractivity contribution in [1.82, 2.24) is 20.9 Å². The molecule has 4 N–H and O–H groups in total. The summed E-state index contributed by atoms with van der Waals surface area (Å²) in [4.78, 5) is 60.8. The van der Waals surface area contributed by atoms with E-state index in [1.165, 1.54) is 11.8 Å². The molecule has 1 aliphatic carbocycles. The van der Waals surface area contributed by atoms with Gasteiger partial charge in [0.05, 0.1) is 24.4 Å². The van der Waals surface area contributed by atoms with Crippen LogP contribution in [-0.4, -0.2) is 70.6 Å². The molecule has 5 atom stereocenters. The molecule has 41 heavy (non-hydrogen) atoms. The molecular formula is C30H35N5O5S. The molecule has 1 aromatic carbocycles. The molecule has 216 valence electrons. The summed E-state index contributed by atoms with van der Waals surface area (Å²) in [7, 11) is 1.56. The number of benzene rings is 1. The first-order valence-corrected chi connectivity index (χ1v) is 14.8. The van der Waals surface area contributed by atoms with Gasteiger partial charge in [-0.05, 0) is 43.4 Å². The third-order valence-corrected chi connectivity index (χ3v) is 8.75. The molecule has 0 spiro atoms. The maximum absolute atomic E-state index is 13.7. The Morgan fingerprint density at radius 1 is 1.15 bits per heavy atom. The Hall–Kier alpha value is -3.86. The van der Waals surface area contributed by atoms with Crippen LogP contribution in [0, 0.1) is 11.8 Å². The van der Waals surface area contributed by atoms with Crippen molar-refractivity contribution in [3.05, 3.63) is 54.3 Å². The number of nitrogens with one attached hydrogen (secondary N) is 4. The van der Waals surface area contributed by atoms with Crippen LogP contribution in [0.4, 0.5) is 0 Å². The number of rotatable bonds is 11. The number of amides is 3. The molecule has 1 saturated heterocycles. The van der Waals surface area contributed by atoms with E-state index in [1.807, 2.05) is 56.4 Å². The zero-order valence-corrected chi connectivity index (χ0v) is 24.1. The number of hydrogen-bond acceptors (Lipinski definition) is 7. The van der Waals surface area contributed by atoms with Crippen molar-refractivity contribution in [3.8, 4) is 5.75 Å². The van der Waals surface area contributed by atoms with Gasteiger partial charge in [-0.3, -0.25) is 24.2 Å². The van der Waals surface area contributed by atoms with Crippen LogP contribution in [0.2, 0.25) is 0 Å². The number of ketones is 1. The molecule has 2 aliphatic heterocycles. The highest BCUT2D eigenvalue weighted by Crippen LogP contribution is 2.32. The Kier molecular flexibility index (Phi) is 8.63. The third-order valence-electron chi connectivity index (χ3n) is 7.52. The van der Waals surface area contributed by atoms with E-state index >= 15 is 0 Å². The summed E-state index contributed by atoms with van der Waals surface area (Å²) in [5.74, 6) is -1.03. The molecule has 2 aromatic rings. The standard InChI is InChI=1S/C30H35N5O5S/c1-16(2)13-22(34-29(39)23-15-18-19(32-23)8-6-9-24(18)40-3)28(38)33-21(14-17-11-12-31-27(17)37)26(36)30-35-20-7-4-5-10-25(20)41-30/h4-10,15-17,20-22,25,32H,11-14H2,1-3H3,(H,31,37)(H,33,38)(H,34,39)/t17-,20?,21-,22-,25?/m0/s1. The van der Waals surface area contributed by atoms with E-state index in [1.54, 1.807) is 13.2 Å². The molecule has 2 unspecified atom stereocenters. The van der Waals surface area contributed by atoms with Crippen molar-refractivity contribution < 1.29 is 23.9 Å². The predicted octanol–water partition coefficient (Wildman–Crippen LogP) is 2.91. The van der Waals surface area contributed by atoms with Crippen LogP contribution >= 0.6 is 11.8 Å². The zero-order valence-electron chi connectivity index (χ0n) is 23.3. The average Bonchev–Trinajstić information content (AvgIpc) is 3.69. The first-order valence-electron chi connectivity index (χ1n) is 13.9. The Labute approximate surface area is 242 Å². The molecule has 0 radical (unpaired) electrons. The van der Waals surface area contributed by atoms with Gasteiger partial charge in [-0.25, -0.2) is 0 Å². The number of carbonyl (C=O) groups is 4. The van der Waals surface area contributed by atoms with E-state index in [0.29, 0.717) is 35.9 Å². The fourth-order valence-electron chi connectivity index (χ4n) is 5.39. The molecule has 0 bridgehead atoms. The second-order valence-corrected chi connectivity index (χ2v) is 12.1. The molecular weight excluding hydrogens is 542 g/mol. The number of hydrogen-bond donors (Lipinski definition) is 4. The molecule has 5 rings (SSSR count). The van der Waals surface area contributed by atoms with Crippen LogP contribution < -0.4 is 20.7 Å². The number of fused-ring (bicyclic) bond motifs is 2. The first-order chi connectivity index (χ1) is 19.7. The second kappa shape index (κ2) is 12.3. The van der Waals surface area contributed by atoms with E-state index in [2.05, 4.69) is 25.9 Å². The van der Waals surface area contributed by atoms with Gasteiger partial charge in [-0.1, -0.05) is 56.0 Å². The number of aliphatic imine (C=N–C) groups is 1. The monoisotopic (exact) mass is 577 g/mol. The SMILES string of the molecule is COc1cccc2[nH]c(C(=O)N[C@@H](CC(C)C)C(=O)N[C@@H](C[C@@H]3CCNC3=O)C(=O)C3=NC4C=CC=CC4S3)cc12. The highest BCUT2D eigenvalue weighted by molar-refractivity contribution is 8.16. The third kappa shape index (κ3) is 6.40. The second-order valence-electron chi connectivity index (χ2n) is 11.0. The lowest BCUT2D eigenvalue weighted by Gasteiger charge is -2.25. The number of Topliss-reactive ketones (excluding diaryl/α,β-unsaturated/α-hetero) is 1. The summed E-state index contributed by atoms with van der Waals surface area (Å²) in [5, 5.41) is 9.68. The first kappa shape index (κ1) is 28.7. The van der Waals surface area contributed by atoms with Crippen molar-refractivity contribution in [2.45, 2.75) is 56.5 Å². The lowest BCUT2D eigenvalue weighted by Crippen LogP contribution is -2.53. The smallest absolute Gasteiger partial charge is 0.268 e. The van der Waals surface area contributed by atoms with Gasteiger partial charge in [-0.15, -0.1) is 0 Å². The topological polar surface area (TPSA) is 142 Å². The number of methoxy groups -OCH3 is 1. The number of thioether (sulfide) groups is 1. The Balaban J connectivity index is 1.34. The fraction of sp³-hybridized carbons (Fsp3) is 0.433. The van der Waals surface area contributed by atoms with Crippen LogP contribution in [0.1, 0.15) is 43.6 Å². The number of carbonyl (C=O) groups excluding carboxylic acids is 4. The summed E-state index contributed by atoms with van der Waals surface area (Å²) >= 11 is 1.38. The zero-order chi connectivity index (χ0) is 29.1. The van der Waals surface area contributed by atoms with Crippen LogP contribution in [-0.2, 0) is 14.4 Å². The minimum absolute atomic E-state index is 0.0352. The Morgan fingerprint density at radius 2 is 1.95 bits per heavy atom. The van der Waals surface area contributed by atoms with E-state index in [0.717, 1.165) is 10.9 Å². The molecule has 3 amide bonds. The van der Waals surface area contributed by atoms with E-state index in [4.69, 9.17) is 4.74 Å². The summed E-state index contributed by atoms with van der Waals surface area (Å²) in [6.07, 6.45) is 8.91. The minimum Gasteiger partial charge on any atom is -0.496 e. The Bertz CT molecular complexity index is 1440. The van der Waals surface area contributed by atoms with Gasteiger partial charge in [0.15, 0.2) is 0 Å². The van der Waals surface area contributed by atoms with Crippen LogP contribution in [0.25, 0.3) is 10.9 Å². The van der Waals surface area contributed by atoms with E-state index < -0.39 is 29.8 Å². The van der Waals surface area contributed by atoms with Crippen molar-refractivity contribution in [3.63, 3.8) is 0 Å². The number of aromatic nitrogens is 1. The van der Waals surface area contributed by atoms with Crippen molar-refractivity contribution in [2.24, 2.45) is 16.8 Å². The van der Waals surface area contributed by atoms with E-state index in [-0.39, 0.29) is 35.3 Å². The number of ether oxygens (including phenoxy) is 1. The normalized spacial score (nSPS) is 22.7. The van der Waals surface area contributed by atoms with Gasteiger partial charge in [0.2, 0.25) is 17.6 Å². The van der Waals surface area contributed by atoms with Gasteiger partial charge in [0.1, 0.15) is 22.5 Å². The predicted molar refractivity (Wildman–Crippen MR) is 159 cm³/mol. The van der Waals surface area contributed by atoms with Gasteiger partial charge >= 0.3 is 0 Å². The number of H-pyrrole nitrogens is 1. The van der Waals surface area contributed by atoms with Gasteiger partial charge < -0.3 is 25.7 Å². The molecule has 3 heterocycles. The summed E-state index contributed by atoms with van der Waals surface area (Å²) in [6.45, 7) is 4.45. The number of nitrogens with zero attached hydrogens (tertiary/aromatic N) is 1. The number of aromatic amines is 1. The van der Waals surface area contributed by atoms with Crippen molar-refractivity contribution in [1.29, 1.82) is 0 Å². The quantitative estimate of drug-likeness (QED) is 0.324. The fourth-order valence-corrected chi connectivity index (χ4v) is 6.55. The van der Waals surface area contributed by atoms with Crippen LogP contribution in [0.15, 0.2) is 53.6 Å². The summed E-state index contributed by atoms with van der Waals surface area (Å²) in [6, 6.07) is 5.20. The number of allylic oxidation sites excluding steroid dienone is 2. The lowest BCUT2D eigenvalue weighted by atomic mass is 9.95.